The number of rotatable bonds is 2. The first-order chi connectivity index (χ1) is 9.65. The third-order valence-electron chi connectivity index (χ3n) is 2.97. The van der Waals surface area contributed by atoms with E-state index in [-0.39, 0.29) is 5.56 Å². The van der Waals surface area contributed by atoms with Crippen molar-refractivity contribution >= 4 is 48.3 Å². The van der Waals surface area contributed by atoms with E-state index in [1.807, 2.05) is 48.5 Å². The largest absolute Gasteiger partial charge is 0.292 e. The molecule has 20 heavy (non-hydrogen) atoms. The fraction of sp³-hybridized carbons (Fsp3) is 0. The summed E-state index contributed by atoms with van der Waals surface area (Å²) in [4.78, 5) is 12.4. The number of anilines is 1. The zero-order valence-corrected chi connectivity index (χ0v) is 13.5. The quantitative estimate of drug-likeness (QED) is 0.699. The summed E-state index contributed by atoms with van der Waals surface area (Å²) in [5.41, 5.74) is 3.85. The van der Waals surface area contributed by atoms with E-state index in [0.717, 1.165) is 20.0 Å². The molecule has 1 heterocycles. The second-order valence-electron chi connectivity index (χ2n) is 4.32. The summed E-state index contributed by atoms with van der Waals surface area (Å²) in [6.07, 6.45) is 1.74. The molecule has 0 fully saturated rings. The van der Waals surface area contributed by atoms with E-state index in [9.17, 15) is 4.79 Å². The normalized spacial score (nSPS) is 10.7. The second-order valence-corrected chi connectivity index (χ2v) is 6.09. The first-order valence-electron chi connectivity index (χ1n) is 5.97. The highest BCUT2D eigenvalue weighted by Crippen LogP contribution is 2.21. The molecule has 3 nitrogen and oxygen atoms in total. The maximum Gasteiger partial charge on any atom is 0.277 e. The molecule has 0 atom stereocenters. The van der Waals surface area contributed by atoms with E-state index < -0.39 is 0 Å². The van der Waals surface area contributed by atoms with Crippen LogP contribution in [0.25, 0.3) is 10.8 Å². The number of halogens is 2. The van der Waals surface area contributed by atoms with Gasteiger partial charge in [0.15, 0.2) is 0 Å². The molecular formula is C15H10Br2N2O. The van der Waals surface area contributed by atoms with Crippen LogP contribution in [0.1, 0.15) is 0 Å². The van der Waals surface area contributed by atoms with Gasteiger partial charge in [0.05, 0.1) is 11.1 Å². The van der Waals surface area contributed by atoms with Crippen LogP contribution in [0.2, 0.25) is 0 Å². The van der Waals surface area contributed by atoms with E-state index in [1.54, 1.807) is 6.20 Å². The Bertz CT molecular complexity index is 825. The summed E-state index contributed by atoms with van der Waals surface area (Å²) in [6.45, 7) is 0. The molecule has 0 aliphatic rings. The Morgan fingerprint density at radius 3 is 2.25 bits per heavy atom. The first kappa shape index (κ1) is 13.4. The number of hydrogen-bond donors (Lipinski definition) is 1. The molecule has 0 bridgehead atoms. The van der Waals surface area contributed by atoms with Crippen LogP contribution in [-0.4, -0.2) is 4.68 Å². The number of fused-ring (bicyclic) bond motifs is 1. The van der Waals surface area contributed by atoms with Crippen LogP contribution in [0.15, 0.2) is 68.5 Å². The fourth-order valence-electron chi connectivity index (χ4n) is 2.00. The van der Waals surface area contributed by atoms with Gasteiger partial charge < -0.3 is 0 Å². The van der Waals surface area contributed by atoms with Crippen LogP contribution < -0.4 is 11.0 Å². The van der Waals surface area contributed by atoms with Gasteiger partial charge in [0.2, 0.25) is 0 Å². The Morgan fingerprint density at radius 2 is 1.55 bits per heavy atom. The molecule has 100 valence electrons. The number of pyridine rings is 1. The number of nitrogens with zero attached hydrogens (tertiary/aromatic N) is 1. The van der Waals surface area contributed by atoms with E-state index in [2.05, 4.69) is 37.3 Å². The van der Waals surface area contributed by atoms with Crippen molar-refractivity contribution in [2.75, 3.05) is 5.43 Å². The molecule has 0 unspecified atom stereocenters. The van der Waals surface area contributed by atoms with Crippen LogP contribution in [0.4, 0.5) is 5.69 Å². The predicted octanol–water partition coefficient (Wildman–Crippen LogP) is 4.40. The van der Waals surface area contributed by atoms with Gasteiger partial charge in [-0.25, -0.2) is 4.68 Å². The van der Waals surface area contributed by atoms with Gasteiger partial charge in [-0.05, 0) is 46.3 Å². The molecule has 3 rings (SSSR count). The topological polar surface area (TPSA) is 34.0 Å². The van der Waals surface area contributed by atoms with Gasteiger partial charge in [0, 0.05) is 20.5 Å². The van der Waals surface area contributed by atoms with Crippen LogP contribution in [0.5, 0.6) is 0 Å². The maximum atomic E-state index is 12.4. The van der Waals surface area contributed by atoms with Crippen LogP contribution in [-0.2, 0) is 0 Å². The molecule has 0 saturated carbocycles. The van der Waals surface area contributed by atoms with E-state index in [1.165, 1.54) is 4.68 Å². The molecule has 5 heteroatoms. The molecule has 0 amide bonds. The minimum Gasteiger partial charge on any atom is -0.292 e. The van der Waals surface area contributed by atoms with Gasteiger partial charge in [0.1, 0.15) is 0 Å². The lowest BCUT2D eigenvalue weighted by Gasteiger charge is -2.11. The highest BCUT2D eigenvalue weighted by atomic mass is 79.9. The van der Waals surface area contributed by atoms with E-state index in [4.69, 9.17) is 0 Å². The van der Waals surface area contributed by atoms with Crippen molar-refractivity contribution in [3.63, 3.8) is 0 Å². The van der Waals surface area contributed by atoms with Gasteiger partial charge in [-0.2, -0.15) is 0 Å². The molecule has 2 aromatic carbocycles. The van der Waals surface area contributed by atoms with E-state index >= 15 is 0 Å². The number of aromatic nitrogens is 1. The highest BCUT2D eigenvalue weighted by molar-refractivity contribution is 9.11. The van der Waals surface area contributed by atoms with Crippen molar-refractivity contribution in [1.82, 2.24) is 4.68 Å². The predicted molar refractivity (Wildman–Crippen MR) is 89.1 cm³/mol. The average Bonchev–Trinajstić information content (AvgIpc) is 2.47. The molecule has 0 spiro atoms. The summed E-state index contributed by atoms with van der Waals surface area (Å²) >= 11 is 6.89. The Balaban J connectivity index is 2.10. The Morgan fingerprint density at radius 1 is 0.900 bits per heavy atom. The number of benzene rings is 2. The fourth-order valence-corrected chi connectivity index (χ4v) is 2.81. The maximum absolute atomic E-state index is 12.4. The first-order valence-corrected chi connectivity index (χ1v) is 7.56. The highest BCUT2D eigenvalue weighted by Gasteiger charge is 2.06. The second kappa shape index (κ2) is 5.42. The Hall–Kier alpha value is -1.59. The third-order valence-corrected chi connectivity index (χ3v) is 4.13. The summed E-state index contributed by atoms with van der Waals surface area (Å²) in [7, 11) is 0. The summed E-state index contributed by atoms with van der Waals surface area (Å²) in [6, 6.07) is 15.2. The van der Waals surface area contributed by atoms with Gasteiger partial charge in [0.25, 0.3) is 5.56 Å². The lowest BCUT2D eigenvalue weighted by Crippen LogP contribution is -2.25. The van der Waals surface area contributed by atoms with E-state index in [0.29, 0.717) is 5.39 Å². The SMILES string of the molecule is O=c1c2ccccc2c(Br)cn1Nc1ccc(Br)cc1. The smallest absolute Gasteiger partial charge is 0.277 e. The summed E-state index contributed by atoms with van der Waals surface area (Å²) in [5, 5.41) is 1.58. The third kappa shape index (κ3) is 2.51. The average molecular weight is 394 g/mol. The van der Waals surface area contributed by atoms with Crippen LogP contribution in [0.3, 0.4) is 0 Å². The van der Waals surface area contributed by atoms with Crippen LogP contribution in [0, 0.1) is 0 Å². The molecule has 1 N–H and O–H groups in total. The van der Waals surface area contributed by atoms with Gasteiger partial charge in [-0.15, -0.1) is 0 Å². The minimum absolute atomic E-state index is 0.0771. The minimum atomic E-state index is -0.0771. The summed E-state index contributed by atoms with van der Waals surface area (Å²) in [5.74, 6) is 0. The zero-order valence-electron chi connectivity index (χ0n) is 10.3. The van der Waals surface area contributed by atoms with Crippen molar-refractivity contribution in [3.8, 4) is 0 Å². The number of nitrogens with one attached hydrogen (secondary N) is 1. The van der Waals surface area contributed by atoms with Crippen molar-refractivity contribution in [2.45, 2.75) is 0 Å². The van der Waals surface area contributed by atoms with Gasteiger partial charge in [-0.3, -0.25) is 10.2 Å². The molecule has 3 aromatic rings. The zero-order chi connectivity index (χ0) is 14.1. The lowest BCUT2D eigenvalue weighted by atomic mass is 10.2. The van der Waals surface area contributed by atoms with Gasteiger partial charge in [-0.1, -0.05) is 34.1 Å². The summed E-state index contributed by atoms with van der Waals surface area (Å²) < 4.78 is 3.35. The molecule has 0 radical (unpaired) electrons. The Labute approximate surface area is 132 Å². The van der Waals surface area contributed by atoms with Crippen LogP contribution >= 0.6 is 31.9 Å². The molecule has 0 saturated heterocycles. The van der Waals surface area contributed by atoms with Gasteiger partial charge >= 0.3 is 0 Å². The Kier molecular flexibility index (Phi) is 3.63. The monoisotopic (exact) mass is 392 g/mol. The number of hydrogen-bond acceptors (Lipinski definition) is 2. The molecule has 1 aromatic heterocycles. The van der Waals surface area contributed by atoms with Crippen molar-refractivity contribution in [2.24, 2.45) is 0 Å². The van der Waals surface area contributed by atoms with Crippen molar-refractivity contribution in [1.29, 1.82) is 0 Å². The molecule has 0 aliphatic heterocycles. The van der Waals surface area contributed by atoms with Crippen molar-refractivity contribution < 1.29 is 0 Å². The van der Waals surface area contributed by atoms with Crippen molar-refractivity contribution in [3.05, 3.63) is 74.0 Å². The lowest BCUT2D eigenvalue weighted by molar-refractivity contribution is 0.909. The molecule has 0 aliphatic carbocycles. The molecular weight excluding hydrogens is 384 g/mol. The standard InChI is InChI=1S/C15H10Br2N2O/c16-10-5-7-11(8-6-10)18-19-9-14(17)12-3-1-2-4-13(12)15(19)20/h1-9,18H.